The van der Waals surface area contributed by atoms with Crippen molar-refractivity contribution in [2.75, 3.05) is 12.3 Å². The second-order valence-electron chi connectivity index (χ2n) is 5.39. The maximum absolute atomic E-state index is 11.8. The van der Waals surface area contributed by atoms with Gasteiger partial charge in [-0.25, -0.2) is 4.79 Å². The lowest BCUT2D eigenvalue weighted by Gasteiger charge is -2.15. The van der Waals surface area contributed by atoms with Crippen molar-refractivity contribution in [1.82, 2.24) is 16.0 Å². The lowest BCUT2D eigenvalue weighted by molar-refractivity contribution is -0.120. The van der Waals surface area contributed by atoms with Crippen LogP contribution in [0.25, 0.3) is 0 Å². The molecular formula is C16H23N3O2S. The zero-order valence-electron chi connectivity index (χ0n) is 13.0. The van der Waals surface area contributed by atoms with Crippen molar-refractivity contribution in [2.24, 2.45) is 0 Å². The first kappa shape index (κ1) is 16.7. The van der Waals surface area contributed by atoms with Crippen LogP contribution in [0.3, 0.4) is 0 Å². The minimum Gasteiger partial charge on any atom is -0.352 e. The number of carbonyl (C=O) groups excluding carboxylic acids is 2. The molecule has 1 saturated carbocycles. The van der Waals surface area contributed by atoms with Gasteiger partial charge in [-0.15, -0.1) is 11.8 Å². The number of amides is 3. The number of hydrogen-bond donors (Lipinski definition) is 3. The molecule has 0 aromatic heterocycles. The number of carbonyl (C=O) groups is 2. The Labute approximate surface area is 135 Å². The Bertz CT molecular complexity index is 515. The number of hydrogen-bond acceptors (Lipinski definition) is 3. The first-order valence-electron chi connectivity index (χ1n) is 7.65. The highest BCUT2D eigenvalue weighted by molar-refractivity contribution is 7.99. The topological polar surface area (TPSA) is 70.2 Å². The van der Waals surface area contributed by atoms with Gasteiger partial charge < -0.3 is 16.0 Å². The van der Waals surface area contributed by atoms with Crippen LogP contribution in [-0.4, -0.2) is 30.3 Å². The van der Waals surface area contributed by atoms with Gasteiger partial charge in [0.2, 0.25) is 5.91 Å². The highest BCUT2D eigenvalue weighted by Crippen LogP contribution is 2.20. The SMILES string of the molecule is CCSc1ccc([C@H](C)NC(=O)NCC(=O)NC2CC2)cc1. The van der Waals surface area contributed by atoms with Crippen LogP contribution >= 0.6 is 11.8 Å². The van der Waals surface area contributed by atoms with Crippen molar-refractivity contribution in [1.29, 1.82) is 0 Å². The van der Waals surface area contributed by atoms with Gasteiger partial charge in [-0.05, 0) is 43.2 Å². The monoisotopic (exact) mass is 321 g/mol. The van der Waals surface area contributed by atoms with Gasteiger partial charge in [0.25, 0.3) is 0 Å². The van der Waals surface area contributed by atoms with Crippen LogP contribution in [0, 0.1) is 0 Å². The van der Waals surface area contributed by atoms with E-state index in [1.807, 2.05) is 19.1 Å². The first-order chi connectivity index (χ1) is 10.6. The molecular weight excluding hydrogens is 298 g/mol. The Hall–Kier alpha value is -1.69. The fourth-order valence-corrected chi connectivity index (χ4v) is 2.68. The van der Waals surface area contributed by atoms with Gasteiger partial charge in [-0.3, -0.25) is 4.79 Å². The van der Waals surface area contributed by atoms with Crippen LogP contribution in [0.1, 0.15) is 38.3 Å². The average Bonchev–Trinajstić information content (AvgIpc) is 3.30. The molecule has 3 amide bonds. The highest BCUT2D eigenvalue weighted by atomic mass is 32.2. The number of urea groups is 1. The summed E-state index contributed by atoms with van der Waals surface area (Å²) in [6.45, 7) is 4.05. The first-order valence-corrected chi connectivity index (χ1v) is 8.63. The average molecular weight is 321 g/mol. The lowest BCUT2D eigenvalue weighted by Crippen LogP contribution is -2.43. The summed E-state index contributed by atoms with van der Waals surface area (Å²) >= 11 is 1.79. The van der Waals surface area contributed by atoms with Crippen LogP contribution < -0.4 is 16.0 Å². The molecule has 5 nitrogen and oxygen atoms in total. The predicted molar refractivity (Wildman–Crippen MR) is 89.0 cm³/mol. The second-order valence-corrected chi connectivity index (χ2v) is 6.73. The van der Waals surface area contributed by atoms with E-state index in [1.54, 1.807) is 11.8 Å². The normalized spacial score (nSPS) is 15.0. The van der Waals surface area contributed by atoms with Crippen molar-refractivity contribution in [3.05, 3.63) is 29.8 Å². The molecule has 1 atom stereocenters. The molecule has 3 N–H and O–H groups in total. The Morgan fingerprint density at radius 2 is 1.95 bits per heavy atom. The van der Waals surface area contributed by atoms with Gasteiger partial charge in [-0.1, -0.05) is 19.1 Å². The molecule has 0 aliphatic heterocycles. The number of rotatable bonds is 7. The van der Waals surface area contributed by atoms with Crippen LogP contribution in [0.5, 0.6) is 0 Å². The van der Waals surface area contributed by atoms with Crippen molar-refractivity contribution >= 4 is 23.7 Å². The largest absolute Gasteiger partial charge is 0.352 e. The van der Waals surface area contributed by atoms with E-state index in [-0.39, 0.29) is 24.5 Å². The minimum absolute atomic E-state index is 0.0150. The summed E-state index contributed by atoms with van der Waals surface area (Å²) in [7, 11) is 0. The van der Waals surface area contributed by atoms with Gasteiger partial charge in [-0.2, -0.15) is 0 Å². The van der Waals surface area contributed by atoms with Crippen molar-refractivity contribution in [3.8, 4) is 0 Å². The third-order valence-electron chi connectivity index (χ3n) is 3.39. The maximum Gasteiger partial charge on any atom is 0.315 e. The molecule has 0 saturated heterocycles. The van der Waals surface area contributed by atoms with E-state index < -0.39 is 0 Å². The fourth-order valence-electron chi connectivity index (χ4n) is 2.02. The molecule has 0 unspecified atom stereocenters. The van der Waals surface area contributed by atoms with E-state index in [9.17, 15) is 9.59 Å². The van der Waals surface area contributed by atoms with Crippen LogP contribution in [0.2, 0.25) is 0 Å². The molecule has 2 rings (SSSR count). The molecule has 0 heterocycles. The van der Waals surface area contributed by atoms with Crippen molar-refractivity contribution in [2.45, 2.75) is 43.7 Å². The summed E-state index contributed by atoms with van der Waals surface area (Å²) in [6.07, 6.45) is 2.09. The Morgan fingerprint density at radius 1 is 1.27 bits per heavy atom. The molecule has 1 fully saturated rings. The summed E-state index contributed by atoms with van der Waals surface area (Å²) in [4.78, 5) is 24.5. The zero-order valence-corrected chi connectivity index (χ0v) is 13.8. The number of nitrogens with one attached hydrogen (secondary N) is 3. The van der Waals surface area contributed by atoms with Crippen LogP contribution in [-0.2, 0) is 4.79 Å². The molecule has 1 aliphatic rings. The highest BCUT2D eigenvalue weighted by Gasteiger charge is 2.23. The van der Waals surface area contributed by atoms with Gasteiger partial charge in [0.05, 0.1) is 12.6 Å². The standard InChI is InChI=1S/C16H23N3O2S/c1-3-22-14-8-4-12(5-9-14)11(2)18-16(21)17-10-15(20)19-13-6-7-13/h4-5,8-9,11,13H,3,6-7,10H2,1-2H3,(H,19,20)(H2,17,18,21)/t11-/m0/s1. The second kappa shape index (κ2) is 8.08. The van der Waals surface area contributed by atoms with Crippen molar-refractivity contribution < 1.29 is 9.59 Å². The van der Waals surface area contributed by atoms with Crippen molar-refractivity contribution in [3.63, 3.8) is 0 Å². The Balaban J connectivity index is 1.73. The van der Waals surface area contributed by atoms with Gasteiger partial charge in [0.15, 0.2) is 0 Å². The fraction of sp³-hybridized carbons (Fsp3) is 0.500. The smallest absolute Gasteiger partial charge is 0.315 e. The third-order valence-corrected chi connectivity index (χ3v) is 4.28. The summed E-state index contributed by atoms with van der Waals surface area (Å²) in [5.74, 6) is 0.907. The quantitative estimate of drug-likeness (QED) is 0.676. The lowest BCUT2D eigenvalue weighted by atomic mass is 10.1. The van der Waals surface area contributed by atoms with E-state index in [4.69, 9.17) is 0 Å². The van der Waals surface area contributed by atoms with Crippen LogP contribution in [0.4, 0.5) is 4.79 Å². The van der Waals surface area contributed by atoms with Gasteiger partial charge in [0, 0.05) is 10.9 Å². The minimum atomic E-state index is -0.328. The number of thioether (sulfide) groups is 1. The zero-order chi connectivity index (χ0) is 15.9. The Morgan fingerprint density at radius 3 is 2.55 bits per heavy atom. The van der Waals surface area contributed by atoms with E-state index >= 15 is 0 Å². The van der Waals surface area contributed by atoms with E-state index in [0.717, 1.165) is 24.2 Å². The predicted octanol–water partition coefficient (Wildman–Crippen LogP) is 2.44. The molecule has 120 valence electrons. The summed E-state index contributed by atoms with van der Waals surface area (Å²) in [5, 5.41) is 8.25. The molecule has 0 radical (unpaired) electrons. The molecule has 6 heteroatoms. The van der Waals surface area contributed by atoms with E-state index in [2.05, 4.69) is 35.0 Å². The maximum atomic E-state index is 11.8. The molecule has 22 heavy (non-hydrogen) atoms. The number of benzene rings is 1. The van der Waals surface area contributed by atoms with Crippen LogP contribution in [0.15, 0.2) is 29.2 Å². The van der Waals surface area contributed by atoms with Gasteiger partial charge in [0.1, 0.15) is 0 Å². The van der Waals surface area contributed by atoms with E-state index in [0.29, 0.717) is 6.04 Å². The van der Waals surface area contributed by atoms with Gasteiger partial charge >= 0.3 is 6.03 Å². The molecule has 0 spiro atoms. The molecule has 1 aromatic carbocycles. The Kier molecular flexibility index (Phi) is 6.12. The molecule has 1 aliphatic carbocycles. The summed E-state index contributed by atoms with van der Waals surface area (Å²) < 4.78 is 0. The summed E-state index contributed by atoms with van der Waals surface area (Å²) in [5.41, 5.74) is 1.04. The van der Waals surface area contributed by atoms with E-state index in [1.165, 1.54) is 4.90 Å². The molecule has 1 aromatic rings. The third kappa shape index (κ3) is 5.60. The summed E-state index contributed by atoms with van der Waals surface area (Å²) in [6, 6.07) is 8.03. The molecule has 0 bridgehead atoms.